The standard InChI is InChI=1S/C20H21F3N2O3S/c1-15(26)17-4-8-19(9-5-17)29(27,28)25-12-10-24(11-13-25)14-16-2-6-18(7-3-16)20(21,22)23/h2-9H,10-14H2,1H3. The summed E-state index contributed by atoms with van der Waals surface area (Å²) in [5.41, 5.74) is 0.507. The zero-order chi connectivity index (χ0) is 21.2. The Balaban J connectivity index is 1.60. The van der Waals surface area contributed by atoms with Crippen molar-refractivity contribution in [2.24, 2.45) is 0 Å². The minimum absolute atomic E-state index is 0.133. The van der Waals surface area contributed by atoms with Crippen LogP contribution in [0.3, 0.4) is 0 Å². The van der Waals surface area contributed by atoms with Crippen LogP contribution in [0.15, 0.2) is 53.4 Å². The van der Waals surface area contributed by atoms with Crippen molar-refractivity contribution >= 4 is 15.8 Å². The van der Waals surface area contributed by atoms with Crippen LogP contribution in [0, 0.1) is 0 Å². The number of hydrogen-bond donors (Lipinski definition) is 0. The number of halogens is 3. The largest absolute Gasteiger partial charge is 0.416 e. The van der Waals surface area contributed by atoms with Gasteiger partial charge in [0.25, 0.3) is 0 Å². The van der Waals surface area contributed by atoms with Crippen molar-refractivity contribution in [1.82, 2.24) is 9.21 Å². The number of sulfonamides is 1. The number of alkyl halides is 3. The highest BCUT2D eigenvalue weighted by molar-refractivity contribution is 7.89. The molecule has 0 amide bonds. The minimum Gasteiger partial charge on any atom is -0.296 e. The van der Waals surface area contributed by atoms with Gasteiger partial charge in [-0.25, -0.2) is 8.42 Å². The van der Waals surface area contributed by atoms with E-state index in [9.17, 15) is 26.4 Å². The van der Waals surface area contributed by atoms with Crippen molar-refractivity contribution in [3.63, 3.8) is 0 Å². The summed E-state index contributed by atoms with van der Waals surface area (Å²) >= 11 is 0. The third-order valence-corrected chi connectivity index (χ3v) is 6.83. The molecular formula is C20H21F3N2O3S. The average molecular weight is 426 g/mol. The summed E-state index contributed by atoms with van der Waals surface area (Å²) in [5, 5.41) is 0. The monoisotopic (exact) mass is 426 g/mol. The topological polar surface area (TPSA) is 57.7 Å². The molecule has 0 unspecified atom stereocenters. The minimum atomic E-state index is -4.36. The van der Waals surface area contributed by atoms with Crippen molar-refractivity contribution in [3.8, 4) is 0 Å². The lowest BCUT2D eigenvalue weighted by atomic mass is 10.1. The van der Waals surface area contributed by atoms with Gasteiger partial charge in [0, 0.05) is 38.3 Å². The van der Waals surface area contributed by atoms with E-state index in [4.69, 9.17) is 0 Å². The Morgan fingerprint density at radius 2 is 1.48 bits per heavy atom. The second-order valence-electron chi connectivity index (χ2n) is 6.96. The Hall–Kier alpha value is -2.23. The molecule has 1 aliphatic heterocycles. The Kier molecular flexibility index (Phi) is 6.11. The van der Waals surface area contributed by atoms with E-state index < -0.39 is 21.8 Å². The van der Waals surface area contributed by atoms with Gasteiger partial charge in [-0.3, -0.25) is 9.69 Å². The fraction of sp³-hybridized carbons (Fsp3) is 0.350. The van der Waals surface area contributed by atoms with Gasteiger partial charge >= 0.3 is 6.18 Å². The number of ketones is 1. The Labute approximate surface area is 167 Å². The SMILES string of the molecule is CC(=O)c1ccc(S(=O)(=O)N2CCN(Cc3ccc(C(F)(F)F)cc3)CC2)cc1. The number of carbonyl (C=O) groups is 1. The lowest BCUT2D eigenvalue weighted by Gasteiger charge is -2.34. The number of piperazine rings is 1. The third-order valence-electron chi connectivity index (χ3n) is 4.92. The van der Waals surface area contributed by atoms with Crippen LogP contribution in [-0.4, -0.2) is 49.6 Å². The van der Waals surface area contributed by atoms with Crippen molar-refractivity contribution in [2.75, 3.05) is 26.2 Å². The molecule has 2 aromatic carbocycles. The van der Waals surface area contributed by atoms with E-state index in [1.165, 1.54) is 47.6 Å². The first kappa shape index (κ1) is 21.5. The molecule has 1 fully saturated rings. The van der Waals surface area contributed by atoms with Crippen molar-refractivity contribution in [2.45, 2.75) is 24.5 Å². The van der Waals surface area contributed by atoms with Gasteiger partial charge in [-0.05, 0) is 36.8 Å². The summed E-state index contributed by atoms with van der Waals surface area (Å²) < 4.78 is 64.9. The van der Waals surface area contributed by atoms with Gasteiger partial charge in [-0.15, -0.1) is 0 Å². The number of rotatable bonds is 5. The molecule has 2 aromatic rings. The molecule has 0 bridgehead atoms. The van der Waals surface area contributed by atoms with E-state index in [0.29, 0.717) is 25.2 Å². The lowest BCUT2D eigenvalue weighted by molar-refractivity contribution is -0.137. The van der Waals surface area contributed by atoms with Gasteiger partial charge in [0.05, 0.1) is 10.5 Å². The van der Waals surface area contributed by atoms with E-state index in [0.717, 1.165) is 17.7 Å². The number of hydrogen-bond acceptors (Lipinski definition) is 4. The van der Waals surface area contributed by atoms with Crippen molar-refractivity contribution in [1.29, 1.82) is 0 Å². The molecule has 1 saturated heterocycles. The predicted molar refractivity (Wildman–Crippen MR) is 102 cm³/mol. The third kappa shape index (κ3) is 5.04. The quantitative estimate of drug-likeness (QED) is 0.688. The van der Waals surface area contributed by atoms with E-state index in [1.807, 2.05) is 4.90 Å². The molecule has 0 radical (unpaired) electrons. The summed E-state index contributed by atoms with van der Waals surface area (Å²) in [7, 11) is -3.65. The summed E-state index contributed by atoms with van der Waals surface area (Å²) in [4.78, 5) is 13.5. The summed E-state index contributed by atoms with van der Waals surface area (Å²) in [6, 6.07) is 10.9. The van der Waals surface area contributed by atoms with Gasteiger partial charge in [0.1, 0.15) is 0 Å². The molecule has 5 nitrogen and oxygen atoms in total. The summed E-state index contributed by atoms with van der Waals surface area (Å²) in [6.45, 7) is 3.41. The lowest BCUT2D eigenvalue weighted by Crippen LogP contribution is -2.48. The molecular weight excluding hydrogens is 405 g/mol. The first-order valence-electron chi connectivity index (χ1n) is 9.07. The molecule has 0 atom stereocenters. The predicted octanol–water partition coefficient (Wildman–Crippen LogP) is 3.41. The molecule has 0 N–H and O–H groups in total. The molecule has 0 saturated carbocycles. The highest BCUT2D eigenvalue weighted by Gasteiger charge is 2.31. The zero-order valence-corrected chi connectivity index (χ0v) is 16.6. The molecule has 0 spiro atoms. The smallest absolute Gasteiger partial charge is 0.296 e. The van der Waals surface area contributed by atoms with Crippen LogP contribution in [0.2, 0.25) is 0 Å². The maximum atomic E-state index is 12.8. The molecule has 0 aromatic heterocycles. The first-order chi connectivity index (χ1) is 13.6. The van der Waals surface area contributed by atoms with Gasteiger partial charge in [0.15, 0.2) is 5.78 Å². The fourth-order valence-electron chi connectivity index (χ4n) is 3.20. The van der Waals surface area contributed by atoms with Crippen molar-refractivity contribution in [3.05, 3.63) is 65.2 Å². The second-order valence-corrected chi connectivity index (χ2v) is 8.89. The van der Waals surface area contributed by atoms with Gasteiger partial charge in [0.2, 0.25) is 10.0 Å². The van der Waals surface area contributed by atoms with E-state index in [-0.39, 0.29) is 23.8 Å². The van der Waals surface area contributed by atoms with Gasteiger partial charge in [-0.2, -0.15) is 17.5 Å². The molecule has 1 heterocycles. The van der Waals surface area contributed by atoms with Crippen LogP contribution in [-0.2, 0) is 22.7 Å². The Morgan fingerprint density at radius 3 is 1.97 bits per heavy atom. The molecule has 0 aliphatic carbocycles. The number of benzene rings is 2. The molecule has 3 rings (SSSR count). The first-order valence-corrected chi connectivity index (χ1v) is 10.5. The van der Waals surface area contributed by atoms with Crippen LogP contribution in [0.4, 0.5) is 13.2 Å². The van der Waals surface area contributed by atoms with Crippen LogP contribution in [0.5, 0.6) is 0 Å². The second kappa shape index (κ2) is 8.25. The summed E-state index contributed by atoms with van der Waals surface area (Å²) in [6.07, 6.45) is -4.36. The van der Waals surface area contributed by atoms with E-state index in [2.05, 4.69) is 0 Å². The molecule has 9 heteroatoms. The van der Waals surface area contributed by atoms with E-state index in [1.54, 1.807) is 0 Å². The van der Waals surface area contributed by atoms with Gasteiger partial charge in [-0.1, -0.05) is 24.3 Å². The van der Waals surface area contributed by atoms with Crippen LogP contribution < -0.4 is 0 Å². The fourth-order valence-corrected chi connectivity index (χ4v) is 4.62. The Bertz CT molecular complexity index is 964. The number of Topliss-reactive ketones (excluding diaryl/α,β-unsaturated/α-hetero) is 1. The average Bonchev–Trinajstić information content (AvgIpc) is 2.68. The number of carbonyl (C=O) groups excluding carboxylic acids is 1. The maximum Gasteiger partial charge on any atom is 0.416 e. The highest BCUT2D eigenvalue weighted by atomic mass is 32.2. The molecule has 29 heavy (non-hydrogen) atoms. The highest BCUT2D eigenvalue weighted by Crippen LogP contribution is 2.29. The van der Waals surface area contributed by atoms with Crippen LogP contribution in [0.1, 0.15) is 28.4 Å². The van der Waals surface area contributed by atoms with E-state index >= 15 is 0 Å². The molecule has 156 valence electrons. The summed E-state index contributed by atoms with van der Waals surface area (Å²) in [5.74, 6) is -0.133. The number of nitrogens with zero attached hydrogens (tertiary/aromatic N) is 2. The maximum absolute atomic E-state index is 12.8. The van der Waals surface area contributed by atoms with Gasteiger partial charge < -0.3 is 0 Å². The normalized spacial score (nSPS) is 16.7. The Morgan fingerprint density at radius 1 is 0.931 bits per heavy atom. The zero-order valence-electron chi connectivity index (χ0n) is 15.8. The molecule has 1 aliphatic rings. The van der Waals surface area contributed by atoms with Crippen LogP contribution >= 0.6 is 0 Å². The van der Waals surface area contributed by atoms with Crippen LogP contribution in [0.25, 0.3) is 0 Å². The van der Waals surface area contributed by atoms with Crippen molar-refractivity contribution < 1.29 is 26.4 Å².